The number of para-hydroxylation sites is 1. The number of carbonyl (C=O) groups excluding carboxylic acids is 2. The summed E-state index contributed by atoms with van der Waals surface area (Å²) in [7, 11) is 0. The van der Waals surface area contributed by atoms with Crippen molar-refractivity contribution >= 4 is 17.4 Å². The molecule has 0 saturated carbocycles. The summed E-state index contributed by atoms with van der Waals surface area (Å²) in [6.45, 7) is 1.53. The first-order chi connectivity index (χ1) is 7.75. The lowest BCUT2D eigenvalue weighted by Gasteiger charge is -2.15. The SMILES string of the molecule is O=C1CC(=O)N(CCNc2ccccc2)C1. The van der Waals surface area contributed by atoms with E-state index in [0.29, 0.717) is 13.1 Å². The maximum Gasteiger partial charge on any atom is 0.230 e. The molecule has 1 aliphatic heterocycles. The van der Waals surface area contributed by atoms with Gasteiger partial charge in [-0.3, -0.25) is 9.59 Å². The van der Waals surface area contributed by atoms with Crippen molar-refractivity contribution < 1.29 is 9.59 Å². The number of hydrogen-bond acceptors (Lipinski definition) is 3. The van der Waals surface area contributed by atoms with E-state index in [1.165, 1.54) is 0 Å². The van der Waals surface area contributed by atoms with Crippen LogP contribution in [0.2, 0.25) is 0 Å². The molecule has 16 heavy (non-hydrogen) atoms. The molecule has 1 aromatic rings. The minimum absolute atomic E-state index is 0.0183. The van der Waals surface area contributed by atoms with Gasteiger partial charge in [-0.1, -0.05) is 18.2 Å². The van der Waals surface area contributed by atoms with Crippen molar-refractivity contribution in [1.29, 1.82) is 0 Å². The number of benzene rings is 1. The number of Topliss-reactive ketones (excluding diaryl/α,β-unsaturated/α-hetero) is 1. The summed E-state index contributed by atoms with van der Waals surface area (Å²) in [6, 6.07) is 9.79. The Bertz CT molecular complexity index is 389. The van der Waals surface area contributed by atoms with Gasteiger partial charge in [0.05, 0.1) is 13.0 Å². The highest BCUT2D eigenvalue weighted by atomic mass is 16.2. The third kappa shape index (κ3) is 2.59. The maximum absolute atomic E-state index is 11.3. The number of nitrogens with zero attached hydrogens (tertiary/aromatic N) is 1. The van der Waals surface area contributed by atoms with Crippen LogP contribution in [0.15, 0.2) is 30.3 Å². The molecule has 0 unspecified atom stereocenters. The Balaban J connectivity index is 1.76. The molecule has 1 saturated heterocycles. The Morgan fingerprint density at radius 3 is 2.56 bits per heavy atom. The number of ketones is 1. The highest BCUT2D eigenvalue weighted by Crippen LogP contribution is 2.07. The summed E-state index contributed by atoms with van der Waals surface area (Å²) in [5.41, 5.74) is 1.03. The average molecular weight is 218 g/mol. The molecule has 0 aliphatic carbocycles. The molecule has 1 heterocycles. The van der Waals surface area contributed by atoms with E-state index in [0.717, 1.165) is 5.69 Å². The van der Waals surface area contributed by atoms with Crippen LogP contribution in [0.25, 0.3) is 0 Å². The molecule has 2 rings (SSSR count). The summed E-state index contributed by atoms with van der Waals surface area (Å²) >= 11 is 0. The Morgan fingerprint density at radius 1 is 1.19 bits per heavy atom. The van der Waals surface area contributed by atoms with Gasteiger partial charge in [0.2, 0.25) is 5.91 Å². The van der Waals surface area contributed by atoms with Gasteiger partial charge in [-0.2, -0.15) is 0 Å². The normalized spacial score (nSPS) is 15.6. The van der Waals surface area contributed by atoms with E-state index in [2.05, 4.69) is 5.32 Å². The highest BCUT2D eigenvalue weighted by molar-refractivity contribution is 6.05. The summed E-state index contributed by atoms with van der Waals surface area (Å²) in [4.78, 5) is 23.9. The first kappa shape index (κ1) is 10.7. The van der Waals surface area contributed by atoms with E-state index in [4.69, 9.17) is 0 Å². The van der Waals surface area contributed by atoms with Crippen molar-refractivity contribution in [3.63, 3.8) is 0 Å². The van der Waals surface area contributed by atoms with Crippen LogP contribution in [-0.2, 0) is 9.59 Å². The molecule has 4 nitrogen and oxygen atoms in total. The second kappa shape index (κ2) is 4.79. The second-order valence-corrected chi connectivity index (χ2v) is 3.82. The molecule has 4 heteroatoms. The molecule has 1 amide bonds. The van der Waals surface area contributed by atoms with Gasteiger partial charge in [0.15, 0.2) is 5.78 Å². The van der Waals surface area contributed by atoms with Crippen molar-refractivity contribution in [2.45, 2.75) is 6.42 Å². The minimum atomic E-state index is -0.0557. The van der Waals surface area contributed by atoms with Gasteiger partial charge in [-0.15, -0.1) is 0 Å². The standard InChI is InChI=1S/C12H14N2O2/c15-11-8-12(16)14(9-11)7-6-13-10-4-2-1-3-5-10/h1-5,13H,6-9H2. The largest absolute Gasteiger partial charge is 0.383 e. The number of likely N-dealkylation sites (tertiary alicyclic amines) is 1. The third-order valence-corrected chi connectivity index (χ3v) is 2.55. The molecule has 0 radical (unpaired) electrons. The Kier molecular flexibility index (Phi) is 3.19. The number of amides is 1. The summed E-state index contributed by atoms with van der Waals surface area (Å²) in [5, 5.41) is 3.20. The average Bonchev–Trinajstić information content (AvgIpc) is 2.59. The fourth-order valence-corrected chi connectivity index (χ4v) is 1.73. The van der Waals surface area contributed by atoms with Crippen molar-refractivity contribution in [3.05, 3.63) is 30.3 Å². The number of hydrogen-bond donors (Lipinski definition) is 1. The molecule has 0 bridgehead atoms. The molecular weight excluding hydrogens is 204 g/mol. The van der Waals surface area contributed by atoms with Crippen LogP contribution in [0.1, 0.15) is 6.42 Å². The molecule has 0 aromatic heterocycles. The van der Waals surface area contributed by atoms with Crippen molar-refractivity contribution in [3.8, 4) is 0 Å². The van der Waals surface area contributed by atoms with Crippen LogP contribution in [0.4, 0.5) is 5.69 Å². The predicted octanol–water partition coefficient (Wildman–Crippen LogP) is 0.900. The Morgan fingerprint density at radius 2 is 1.94 bits per heavy atom. The zero-order chi connectivity index (χ0) is 11.4. The smallest absolute Gasteiger partial charge is 0.230 e. The van der Waals surface area contributed by atoms with Gasteiger partial charge in [-0.05, 0) is 12.1 Å². The molecule has 1 fully saturated rings. The lowest BCUT2D eigenvalue weighted by molar-refractivity contribution is -0.127. The van der Waals surface area contributed by atoms with Crippen LogP contribution >= 0.6 is 0 Å². The molecular formula is C12H14N2O2. The maximum atomic E-state index is 11.3. The van der Waals surface area contributed by atoms with Crippen LogP contribution in [0, 0.1) is 0 Å². The van der Waals surface area contributed by atoms with E-state index in [9.17, 15) is 9.59 Å². The first-order valence-corrected chi connectivity index (χ1v) is 5.34. The highest BCUT2D eigenvalue weighted by Gasteiger charge is 2.26. The van der Waals surface area contributed by atoms with Gasteiger partial charge in [-0.25, -0.2) is 0 Å². The van der Waals surface area contributed by atoms with Crippen LogP contribution in [0.5, 0.6) is 0 Å². The van der Waals surface area contributed by atoms with E-state index in [-0.39, 0.29) is 24.7 Å². The monoisotopic (exact) mass is 218 g/mol. The third-order valence-electron chi connectivity index (χ3n) is 2.55. The van der Waals surface area contributed by atoms with Crippen molar-refractivity contribution in [2.75, 3.05) is 25.0 Å². The fourth-order valence-electron chi connectivity index (χ4n) is 1.73. The van der Waals surface area contributed by atoms with Crippen LogP contribution < -0.4 is 5.32 Å². The van der Waals surface area contributed by atoms with E-state index in [1.807, 2.05) is 30.3 Å². The van der Waals surface area contributed by atoms with Gasteiger partial charge < -0.3 is 10.2 Å². The summed E-state index contributed by atoms with van der Waals surface area (Å²) in [5.74, 6) is -0.0374. The second-order valence-electron chi connectivity index (χ2n) is 3.82. The molecule has 1 aliphatic rings. The number of rotatable bonds is 4. The van der Waals surface area contributed by atoms with E-state index in [1.54, 1.807) is 4.90 Å². The quantitative estimate of drug-likeness (QED) is 0.764. The van der Waals surface area contributed by atoms with Gasteiger partial charge in [0.1, 0.15) is 0 Å². The Labute approximate surface area is 94.2 Å². The molecule has 0 atom stereocenters. The predicted molar refractivity (Wildman–Crippen MR) is 61.1 cm³/mol. The van der Waals surface area contributed by atoms with Crippen LogP contribution in [-0.4, -0.2) is 36.2 Å². The molecule has 0 spiro atoms. The number of anilines is 1. The van der Waals surface area contributed by atoms with Crippen molar-refractivity contribution in [2.24, 2.45) is 0 Å². The van der Waals surface area contributed by atoms with Gasteiger partial charge in [0.25, 0.3) is 0 Å². The lowest BCUT2D eigenvalue weighted by atomic mass is 10.3. The summed E-state index contributed by atoms with van der Waals surface area (Å²) < 4.78 is 0. The topological polar surface area (TPSA) is 49.4 Å². The number of carbonyl (C=O) groups is 2. The fraction of sp³-hybridized carbons (Fsp3) is 0.333. The minimum Gasteiger partial charge on any atom is -0.383 e. The molecule has 1 aromatic carbocycles. The summed E-state index contributed by atoms with van der Waals surface area (Å²) in [6.07, 6.45) is 0.0747. The van der Waals surface area contributed by atoms with Gasteiger partial charge in [0, 0.05) is 18.8 Å². The first-order valence-electron chi connectivity index (χ1n) is 5.34. The number of nitrogens with one attached hydrogen (secondary N) is 1. The van der Waals surface area contributed by atoms with Crippen molar-refractivity contribution in [1.82, 2.24) is 4.90 Å². The Hall–Kier alpha value is -1.84. The molecule has 1 N–H and O–H groups in total. The molecule has 84 valence electrons. The lowest BCUT2D eigenvalue weighted by Crippen LogP contribution is -2.30. The van der Waals surface area contributed by atoms with Gasteiger partial charge >= 0.3 is 0 Å². The van der Waals surface area contributed by atoms with E-state index < -0.39 is 0 Å². The zero-order valence-electron chi connectivity index (χ0n) is 8.98. The zero-order valence-corrected chi connectivity index (χ0v) is 8.98. The van der Waals surface area contributed by atoms with E-state index >= 15 is 0 Å². The van der Waals surface area contributed by atoms with Crippen LogP contribution in [0.3, 0.4) is 0 Å².